The number of carbonyl (C=O) groups excluding carboxylic acids is 1. The van der Waals surface area contributed by atoms with Crippen molar-refractivity contribution in [2.45, 2.75) is 0 Å². The second-order valence-corrected chi connectivity index (χ2v) is 3.28. The monoisotopic (exact) mass is 215 g/mol. The van der Waals surface area contributed by atoms with Crippen molar-refractivity contribution in [1.29, 1.82) is 0 Å². The quantitative estimate of drug-likeness (QED) is 0.769. The number of hydrogen-bond acceptors (Lipinski definition) is 3. The summed E-state index contributed by atoms with van der Waals surface area (Å²) in [4.78, 5) is 22.2. The number of benzene rings is 1. The van der Waals surface area contributed by atoms with Gasteiger partial charge < -0.3 is 5.11 Å². The normalized spacial score (nSPS) is 10.0. The molecule has 0 amide bonds. The van der Waals surface area contributed by atoms with Crippen LogP contribution in [0.5, 0.6) is 5.75 Å². The minimum Gasteiger partial charge on any atom is -0.507 e. The molecule has 2 rings (SSSR count). The third-order valence-corrected chi connectivity index (χ3v) is 2.22. The Morgan fingerprint density at radius 1 is 1.19 bits per heavy atom. The Balaban J connectivity index is 2.67. The highest BCUT2D eigenvalue weighted by Gasteiger charge is 2.05. The van der Waals surface area contributed by atoms with Crippen molar-refractivity contribution in [3.63, 3.8) is 0 Å². The SMILES string of the molecule is O=Cc1cn(-c2ccccc2)c(=O)cc1O. The van der Waals surface area contributed by atoms with E-state index in [1.165, 1.54) is 10.8 Å². The van der Waals surface area contributed by atoms with E-state index in [0.717, 1.165) is 6.07 Å². The van der Waals surface area contributed by atoms with Crippen LogP contribution in [0.15, 0.2) is 47.4 Å². The van der Waals surface area contributed by atoms with Gasteiger partial charge in [-0.2, -0.15) is 0 Å². The zero-order valence-electron chi connectivity index (χ0n) is 8.33. The molecule has 0 aliphatic rings. The second-order valence-electron chi connectivity index (χ2n) is 3.28. The predicted octanol–water partition coefficient (Wildman–Crippen LogP) is 1.36. The van der Waals surface area contributed by atoms with Crippen LogP contribution >= 0.6 is 0 Å². The maximum atomic E-state index is 11.6. The van der Waals surface area contributed by atoms with Gasteiger partial charge >= 0.3 is 0 Å². The molecule has 1 heterocycles. The average molecular weight is 215 g/mol. The van der Waals surface area contributed by atoms with Crippen LogP contribution in [0.25, 0.3) is 5.69 Å². The van der Waals surface area contributed by atoms with Gasteiger partial charge in [0, 0.05) is 18.0 Å². The molecule has 0 bridgehead atoms. The fourth-order valence-electron chi connectivity index (χ4n) is 1.42. The predicted molar refractivity (Wildman–Crippen MR) is 59.1 cm³/mol. The maximum absolute atomic E-state index is 11.6. The molecule has 0 saturated heterocycles. The third-order valence-electron chi connectivity index (χ3n) is 2.22. The molecule has 0 atom stereocenters. The number of para-hydroxylation sites is 1. The lowest BCUT2D eigenvalue weighted by Crippen LogP contribution is -2.17. The van der Waals surface area contributed by atoms with E-state index in [-0.39, 0.29) is 16.9 Å². The first-order valence-corrected chi connectivity index (χ1v) is 4.68. The average Bonchev–Trinajstić information content (AvgIpc) is 2.30. The lowest BCUT2D eigenvalue weighted by molar-refractivity contribution is 0.112. The number of nitrogens with zero attached hydrogens (tertiary/aromatic N) is 1. The summed E-state index contributed by atoms with van der Waals surface area (Å²) in [6.45, 7) is 0. The van der Waals surface area contributed by atoms with Gasteiger partial charge in [-0.05, 0) is 12.1 Å². The van der Waals surface area contributed by atoms with E-state index < -0.39 is 0 Å². The molecule has 0 aliphatic heterocycles. The fraction of sp³-hybridized carbons (Fsp3) is 0. The Bertz CT molecular complexity index is 573. The van der Waals surface area contributed by atoms with Gasteiger partial charge in [0.2, 0.25) is 0 Å². The van der Waals surface area contributed by atoms with Gasteiger partial charge in [0.05, 0.1) is 5.56 Å². The number of aromatic nitrogens is 1. The summed E-state index contributed by atoms with van der Waals surface area (Å²) in [5, 5.41) is 9.32. The molecule has 80 valence electrons. The van der Waals surface area contributed by atoms with Gasteiger partial charge in [0.1, 0.15) is 5.75 Å². The molecule has 0 aliphatic carbocycles. The molecule has 0 spiro atoms. The van der Waals surface area contributed by atoms with E-state index in [1.54, 1.807) is 24.3 Å². The zero-order chi connectivity index (χ0) is 11.5. The van der Waals surface area contributed by atoms with Crippen LogP contribution in [0.4, 0.5) is 0 Å². The smallest absolute Gasteiger partial charge is 0.258 e. The van der Waals surface area contributed by atoms with Gasteiger partial charge in [-0.15, -0.1) is 0 Å². The first-order valence-electron chi connectivity index (χ1n) is 4.68. The molecule has 16 heavy (non-hydrogen) atoms. The summed E-state index contributed by atoms with van der Waals surface area (Å²) < 4.78 is 1.31. The van der Waals surface area contributed by atoms with Crippen molar-refractivity contribution in [3.8, 4) is 11.4 Å². The van der Waals surface area contributed by atoms with Gasteiger partial charge in [-0.1, -0.05) is 18.2 Å². The molecule has 4 heteroatoms. The molecule has 2 aromatic rings. The van der Waals surface area contributed by atoms with Crippen LogP contribution in [0.1, 0.15) is 10.4 Å². The summed E-state index contributed by atoms with van der Waals surface area (Å²) in [6.07, 6.45) is 1.83. The highest BCUT2D eigenvalue weighted by molar-refractivity contribution is 5.78. The van der Waals surface area contributed by atoms with Crippen molar-refractivity contribution in [2.24, 2.45) is 0 Å². The summed E-state index contributed by atoms with van der Waals surface area (Å²) in [5.74, 6) is -0.299. The second kappa shape index (κ2) is 4.02. The Morgan fingerprint density at radius 2 is 1.88 bits per heavy atom. The van der Waals surface area contributed by atoms with Crippen molar-refractivity contribution in [2.75, 3.05) is 0 Å². The van der Waals surface area contributed by atoms with E-state index in [2.05, 4.69) is 0 Å². The highest BCUT2D eigenvalue weighted by atomic mass is 16.3. The molecule has 0 fully saturated rings. The molecule has 0 radical (unpaired) electrons. The molecule has 1 N–H and O–H groups in total. The van der Waals surface area contributed by atoms with Gasteiger partial charge in [-0.3, -0.25) is 14.2 Å². The molecule has 1 aromatic carbocycles. The minimum atomic E-state index is -0.380. The molecule has 1 aromatic heterocycles. The lowest BCUT2D eigenvalue weighted by Gasteiger charge is -2.06. The summed E-state index contributed by atoms with van der Waals surface area (Å²) in [7, 11) is 0. The first kappa shape index (κ1) is 10.2. The van der Waals surface area contributed by atoms with Crippen molar-refractivity contribution in [3.05, 3.63) is 58.5 Å². The van der Waals surface area contributed by atoms with E-state index in [4.69, 9.17) is 0 Å². The van der Waals surface area contributed by atoms with Gasteiger partial charge in [0.15, 0.2) is 6.29 Å². The van der Waals surface area contributed by atoms with Crippen LogP contribution < -0.4 is 5.56 Å². The van der Waals surface area contributed by atoms with E-state index >= 15 is 0 Å². The topological polar surface area (TPSA) is 59.3 Å². The number of hydrogen-bond donors (Lipinski definition) is 1. The molecule has 0 saturated carbocycles. The van der Waals surface area contributed by atoms with Crippen molar-refractivity contribution < 1.29 is 9.90 Å². The third kappa shape index (κ3) is 1.72. The number of aromatic hydroxyl groups is 1. The first-order chi connectivity index (χ1) is 7.72. The van der Waals surface area contributed by atoms with Crippen LogP contribution in [-0.2, 0) is 0 Å². The van der Waals surface area contributed by atoms with Crippen LogP contribution in [0, 0.1) is 0 Å². The largest absolute Gasteiger partial charge is 0.507 e. The van der Waals surface area contributed by atoms with Crippen LogP contribution in [0.3, 0.4) is 0 Å². The molecular weight excluding hydrogens is 206 g/mol. The van der Waals surface area contributed by atoms with Crippen LogP contribution in [0.2, 0.25) is 0 Å². The van der Waals surface area contributed by atoms with E-state index in [1.807, 2.05) is 6.07 Å². The Labute approximate surface area is 91.4 Å². The summed E-state index contributed by atoms with van der Waals surface area (Å²) in [6, 6.07) is 9.91. The molecule has 0 unspecified atom stereocenters. The Kier molecular flexibility index (Phi) is 2.55. The van der Waals surface area contributed by atoms with E-state index in [0.29, 0.717) is 12.0 Å². The van der Waals surface area contributed by atoms with Gasteiger partial charge in [-0.25, -0.2) is 0 Å². The standard InChI is InChI=1S/C12H9NO3/c14-8-9-7-13(12(16)6-11(9)15)10-4-2-1-3-5-10/h1-8,15H. The van der Waals surface area contributed by atoms with Gasteiger partial charge in [0.25, 0.3) is 5.56 Å². The molecule has 4 nitrogen and oxygen atoms in total. The minimum absolute atomic E-state index is 0.0865. The number of rotatable bonds is 2. The number of carbonyl (C=O) groups is 1. The van der Waals surface area contributed by atoms with E-state index in [9.17, 15) is 14.7 Å². The zero-order valence-corrected chi connectivity index (χ0v) is 8.33. The number of aldehydes is 1. The van der Waals surface area contributed by atoms with Crippen molar-refractivity contribution in [1.82, 2.24) is 4.57 Å². The summed E-state index contributed by atoms with van der Waals surface area (Å²) in [5.41, 5.74) is 0.355. The molecular formula is C12H9NO3. The van der Waals surface area contributed by atoms with Crippen molar-refractivity contribution >= 4 is 6.29 Å². The lowest BCUT2D eigenvalue weighted by atomic mass is 10.2. The fourth-order valence-corrected chi connectivity index (χ4v) is 1.42. The Hall–Kier alpha value is -2.36. The van der Waals surface area contributed by atoms with Crippen LogP contribution in [-0.4, -0.2) is 16.0 Å². The summed E-state index contributed by atoms with van der Waals surface area (Å²) >= 11 is 0. The Morgan fingerprint density at radius 3 is 2.50 bits per heavy atom. The number of pyridine rings is 1. The highest BCUT2D eigenvalue weighted by Crippen LogP contribution is 2.13. The maximum Gasteiger partial charge on any atom is 0.258 e.